The van der Waals surface area contributed by atoms with Crippen LogP contribution >= 0.6 is 0 Å². The first-order valence-electron chi connectivity index (χ1n) is 13.2. The molecule has 3 aromatic rings. The zero-order chi connectivity index (χ0) is 29.3. The average Bonchev–Trinajstić information content (AvgIpc) is 2.95. The smallest absolute Gasteiger partial charge is 0.367 e. The van der Waals surface area contributed by atoms with Gasteiger partial charge in [-0.3, -0.25) is 4.79 Å². The summed E-state index contributed by atoms with van der Waals surface area (Å²) in [5.74, 6) is -2.22. The van der Waals surface area contributed by atoms with E-state index >= 15 is 4.39 Å². The van der Waals surface area contributed by atoms with Crippen LogP contribution < -0.4 is 15.1 Å². The monoisotopic (exact) mass is 572 g/mol. The molecule has 7 nitrogen and oxygen atoms in total. The normalized spacial score (nSPS) is 18.3. The third-order valence-electron chi connectivity index (χ3n) is 7.50. The average molecular weight is 573 g/mol. The predicted molar refractivity (Wildman–Crippen MR) is 147 cm³/mol. The Morgan fingerprint density at radius 3 is 2.49 bits per heavy atom. The lowest BCUT2D eigenvalue weighted by molar-refractivity contribution is -0.138. The molecular formula is C29H29F5N6O. The van der Waals surface area contributed by atoms with Gasteiger partial charge in [-0.25, -0.2) is 18.7 Å². The van der Waals surface area contributed by atoms with Gasteiger partial charge in [0, 0.05) is 56.7 Å². The second-order valence-corrected chi connectivity index (χ2v) is 10.3. The van der Waals surface area contributed by atoms with Crippen LogP contribution in [0.15, 0.2) is 54.9 Å². The maximum absolute atomic E-state index is 15.8. The van der Waals surface area contributed by atoms with E-state index in [0.29, 0.717) is 62.4 Å². The summed E-state index contributed by atoms with van der Waals surface area (Å²) in [5, 5.41) is 2.58. The van der Waals surface area contributed by atoms with Crippen molar-refractivity contribution in [1.82, 2.24) is 14.9 Å². The summed E-state index contributed by atoms with van der Waals surface area (Å²) in [6.45, 7) is 4.65. The lowest BCUT2D eigenvalue weighted by Gasteiger charge is -2.40. The van der Waals surface area contributed by atoms with Gasteiger partial charge in [-0.15, -0.1) is 0 Å². The van der Waals surface area contributed by atoms with Gasteiger partial charge in [-0.1, -0.05) is 6.08 Å². The van der Waals surface area contributed by atoms with Gasteiger partial charge in [-0.2, -0.15) is 13.2 Å². The number of piperazine rings is 1. The Morgan fingerprint density at radius 1 is 1.02 bits per heavy atom. The van der Waals surface area contributed by atoms with Crippen LogP contribution in [0.3, 0.4) is 0 Å². The molecule has 12 heteroatoms. The zero-order valence-electron chi connectivity index (χ0n) is 22.6. The molecule has 2 aliphatic heterocycles. The topological polar surface area (TPSA) is 64.6 Å². The molecule has 1 N–H and O–H groups in total. The predicted octanol–water partition coefficient (Wildman–Crippen LogP) is 5.46. The van der Waals surface area contributed by atoms with E-state index in [-0.39, 0.29) is 17.3 Å². The number of halogens is 5. The largest absolute Gasteiger partial charge is 0.417 e. The highest BCUT2D eigenvalue weighted by molar-refractivity contribution is 6.07. The highest BCUT2D eigenvalue weighted by Crippen LogP contribution is 2.37. The first kappa shape index (κ1) is 28.5. The Balaban J connectivity index is 1.53. The number of hydrogen-bond donors (Lipinski definition) is 1. The summed E-state index contributed by atoms with van der Waals surface area (Å²) < 4.78 is 70.5. The molecule has 0 bridgehead atoms. The van der Waals surface area contributed by atoms with Crippen molar-refractivity contribution in [2.45, 2.75) is 25.6 Å². The fraction of sp³-hybridized carbons (Fsp3) is 0.345. The summed E-state index contributed by atoms with van der Waals surface area (Å²) in [6.07, 6.45) is 0.768. The summed E-state index contributed by atoms with van der Waals surface area (Å²) in [7, 11) is 1.97. The molecule has 1 atom stereocenters. The quantitative estimate of drug-likeness (QED) is 0.410. The number of aromatic nitrogens is 2. The second kappa shape index (κ2) is 11.4. The maximum Gasteiger partial charge on any atom is 0.417 e. The van der Waals surface area contributed by atoms with Gasteiger partial charge in [0.15, 0.2) is 0 Å². The summed E-state index contributed by atoms with van der Waals surface area (Å²) >= 11 is 0. The Morgan fingerprint density at radius 2 is 1.78 bits per heavy atom. The Bertz CT molecular complexity index is 1460. The van der Waals surface area contributed by atoms with Gasteiger partial charge in [0.2, 0.25) is 5.95 Å². The van der Waals surface area contributed by atoms with Crippen molar-refractivity contribution in [3.63, 3.8) is 0 Å². The highest BCUT2D eigenvalue weighted by atomic mass is 19.4. The van der Waals surface area contributed by atoms with E-state index in [1.165, 1.54) is 12.1 Å². The number of carbonyl (C=O) groups excluding carboxylic acids is 1. The molecule has 3 heterocycles. The number of carbonyl (C=O) groups is 1. The van der Waals surface area contributed by atoms with Crippen LogP contribution in [0.1, 0.15) is 34.8 Å². The van der Waals surface area contributed by atoms with Crippen LogP contribution in [0.5, 0.6) is 0 Å². The van der Waals surface area contributed by atoms with Crippen molar-refractivity contribution in [3.8, 4) is 0 Å². The number of likely N-dealkylation sites (N-methyl/N-ethyl adjacent to an activating group) is 1. The zero-order valence-corrected chi connectivity index (χ0v) is 22.6. The number of nitrogens with zero attached hydrogens (tertiary/aromatic N) is 5. The third-order valence-corrected chi connectivity index (χ3v) is 7.50. The van der Waals surface area contributed by atoms with Crippen molar-refractivity contribution < 1.29 is 26.7 Å². The second-order valence-electron chi connectivity index (χ2n) is 10.3. The minimum atomic E-state index is -4.95. The van der Waals surface area contributed by atoms with Crippen molar-refractivity contribution >= 4 is 28.8 Å². The summed E-state index contributed by atoms with van der Waals surface area (Å²) in [4.78, 5) is 27.8. The number of benzene rings is 2. The van der Waals surface area contributed by atoms with E-state index in [4.69, 9.17) is 0 Å². The minimum absolute atomic E-state index is 0.115. The van der Waals surface area contributed by atoms with Crippen molar-refractivity contribution in [2.75, 3.05) is 54.9 Å². The van der Waals surface area contributed by atoms with Crippen molar-refractivity contribution in [1.29, 1.82) is 0 Å². The van der Waals surface area contributed by atoms with E-state index in [1.807, 2.05) is 29.8 Å². The third kappa shape index (κ3) is 6.17. The molecule has 2 aromatic carbocycles. The molecular weight excluding hydrogens is 543 g/mol. The number of hydrogen-bond acceptors (Lipinski definition) is 6. The van der Waals surface area contributed by atoms with Crippen molar-refractivity contribution in [2.24, 2.45) is 0 Å². The van der Waals surface area contributed by atoms with Gasteiger partial charge < -0.3 is 20.0 Å². The van der Waals surface area contributed by atoms with E-state index < -0.39 is 34.8 Å². The lowest BCUT2D eigenvalue weighted by Crippen LogP contribution is -2.50. The van der Waals surface area contributed by atoms with Crippen LogP contribution in [-0.4, -0.2) is 66.6 Å². The molecule has 0 radical (unpaired) electrons. The van der Waals surface area contributed by atoms with Crippen LogP contribution in [0.4, 0.5) is 39.3 Å². The van der Waals surface area contributed by atoms with E-state index in [0.717, 1.165) is 12.1 Å². The molecule has 1 fully saturated rings. The number of nitrogens with one attached hydrogen (secondary N) is 1. The van der Waals surface area contributed by atoms with E-state index in [2.05, 4.69) is 20.2 Å². The Labute approximate surface area is 234 Å². The summed E-state index contributed by atoms with van der Waals surface area (Å²) in [6, 6.07) is 6.49. The Hall–Kier alpha value is -4.06. The fourth-order valence-electron chi connectivity index (χ4n) is 5.14. The molecule has 2 aliphatic rings. The number of anilines is 3. The molecule has 0 saturated carbocycles. The van der Waals surface area contributed by atoms with Gasteiger partial charge in [0.1, 0.15) is 11.6 Å². The standard InChI is InChI=1S/C29H29F5N6O/c1-18-16-39(12-11-38(18)2)26-15-24(31)22(19-5-3-10-40(17-19)28-35-8-4-9-36-28)14-25(26)37-27(41)21-7-6-20(30)13-23(21)29(32,33)34/h4-9,13-15,18H,3,10-12,16-17H2,1-2H3,(H,37,41). The Kier molecular flexibility index (Phi) is 7.94. The number of amides is 1. The van der Waals surface area contributed by atoms with Gasteiger partial charge in [0.25, 0.3) is 5.91 Å². The highest BCUT2D eigenvalue weighted by Gasteiger charge is 2.36. The van der Waals surface area contributed by atoms with Crippen LogP contribution in [-0.2, 0) is 6.18 Å². The first-order chi connectivity index (χ1) is 19.5. The lowest BCUT2D eigenvalue weighted by atomic mass is 9.98. The first-order valence-corrected chi connectivity index (χ1v) is 13.2. The molecule has 1 aromatic heterocycles. The van der Waals surface area contributed by atoms with Gasteiger partial charge in [0.05, 0.1) is 22.5 Å². The molecule has 41 heavy (non-hydrogen) atoms. The van der Waals surface area contributed by atoms with Gasteiger partial charge >= 0.3 is 6.18 Å². The van der Waals surface area contributed by atoms with E-state index in [1.54, 1.807) is 18.5 Å². The fourth-order valence-corrected chi connectivity index (χ4v) is 5.14. The van der Waals surface area contributed by atoms with Crippen molar-refractivity contribution in [3.05, 3.63) is 83.2 Å². The summed E-state index contributed by atoms with van der Waals surface area (Å²) in [5.41, 5.74) is -0.758. The molecule has 1 unspecified atom stereocenters. The van der Waals surface area contributed by atoms with Crippen LogP contribution in [0, 0.1) is 11.6 Å². The maximum atomic E-state index is 15.8. The number of rotatable bonds is 5. The molecule has 1 saturated heterocycles. The molecule has 216 valence electrons. The van der Waals surface area contributed by atoms with E-state index in [9.17, 15) is 22.4 Å². The van der Waals surface area contributed by atoms with Crippen LogP contribution in [0.2, 0.25) is 0 Å². The molecule has 5 rings (SSSR count). The molecule has 0 spiro atoms. The SMILES string of the molecule is CC1CN(c2cc(F)c(C3=CCCN(c4ncccn4)C3)cc2NC(=O)c2ccc(F)cc2C(F)(F)F)CCN1C. The molecule has 0 aliphatic carbocycles. The van der Waals surface area contributed by atoms with Gasteiger partial charge in [-0.05, 0) is 62.4 Å². The number of alkyl halides is 3. The molecule has 1 amide bonds. The van der Waals surface area contributed by atoms with Crippen LogP contribution in [0.25, 0.3) is 5.57 Å². The minimum Gasteiger partial charge on any atom is -0.367 e.